The number of nitrogens with one attached hydrogen (secondary N) is 2. The number of benzene rings is 1. The second-order valence-electron chi connectivity index (χ2n) is 5.31. The van der Waals surface area contributed by atoms with Crippen LogP contribution in [0.3, 0.4) is 0 Å². The highest BCUT2D eigenvalue weighted by molar-refractivity contribution is 6.30. The maximum Gasteiger partial charge on any atom is 0.155 e. The summed E-state index contributed by atoms with van der Waals surface area (Å²) < 4.78 is 0. The standard InChI is InChI=1S/C15H19ClN4/c16-13-6-3-11(4-7-13)5-8-14-18-15(20-19-14)12-2-1-9-17-10-12/h3-4,6-7,12,17H,1-2,5,8-10H2,(H,18,19,20). The van der Waals surface area contributed by atoms with Crippen LogP contribution in [0.4, 0.5) is 0 Å². The first-order valence-electron chi connectivity index (χ1n) is 7.17. The number of aryl methyl sites for hydroxylation is 2. The number of H-pyrrole nitrogens is 1. The third-order valence-corrected chi connectivity index (χ3v) is 4.03. The molecule has 2 heterocycles. The fourth-order valence-corrected chi connectivity index (χ4v) is 2.72. The van der Waals surface area contributed by atoms with Crippen LogP contribution >= 0.6 is 11.6 Å². The Labute approximate surface area is 124 Å². The number of aromatic amines is 1. The molecule has 5 heteroatoms. The van der Waals surface area contributed by atoms with E-state index in [1.807, 2.05) is 12.1 Å². The van der Waals surface area contributed by atoms with Crippen molar-refractivity contribution in [3.05, 3.63) is 46.5 Å². The molecular weight excluding hydrogens is 272 g/mol. The van der Waals surface area contributed by atoms with Gasteiger partial charge in [0.15, 0.2) is 5.82 Å². The second-order valence-corrected chi connectivity index (χ2v) is 5.75. The van der Waals surface area contributed by atoms with E-state index in [1.54, 1.807) is 0 Å². The molecule has 4 nitrogen and oxygen atoms in total. The summed E-state index contributed by atoms with van der Waals surface area (Å²) in [6.07, 6.45) is 4.23. The molecule has 0 spiro atoms. The summed E-state index contributed by atoms with van der Waals surface area (Å²) in [6, 6.07) is 7.97. The van der Waals surface area contributed by atoms with Crippen molar-refractivity contribution in [3.63, 3.8) is 0 Å². The molecule has 1 aromatic heterocycles. The van der Waals surface area contributed by atoms with Gasteiger partial charge in [-0.3, -0.25) is 5.10 Å². The Morgan fingerprint density at radius 3 is 2.80 bits per heavy atom. The van der Waals surface area contributed by atoms with Crippen molar-refractivity contribution in [2.24, 2.45) is 0 Å². The van der Waals surface area contributed by atoms with E-state index < -0.39 is 0 Å². The highest BCUT2D eigenvalue weighted by Crippen LogP contribution is 2.20. The minimum absolute atomic E-state index is 0.462. The van der Waals surface area contributed by atoms with Crippen LogP contribution in [0, 0.1) is 0 Å². The third kappa shape index (κ3) is 3.38. The van der Waals surface area contributed by atoms with Crippen molar-refractivity contribution in [1.29, 1.82) is 0 Å². The van der Waals surface area contributed by atoms with Crippen LogP contribution in [0.5, 0.6) is 0 Å². The summed E-state index contributed by atoms with van der Waals surface area (Å²) in [4.78, 5) is 4.63. The minimum atomic E-state index is 0.462. The van der Waals surface area contributed by atoms with Gasteiger partial charge in [-0.05, 0) is 43.5 Å². The molecule has 0 aliphatic carbocycles. The largest absolute Gasteiger partial charge is 0.316 e. The molecule has 0 bridgehead atoms. The number of hydrogen-bond acceptors (Lipinski definition) is 3. The topological polar surface area (TPSA) is 53.6 Å². The quantitative estimate of drug-likeness (QED) is 0.910. The Balaban J connectivity index is 1.58. The lowest BCUT2D eigenvalue weighted by molar-refractivity contribution is 0.447. The van der Waals surface area contributed by atoms with E-state index >= 15 is 0 Å². The highest BCUT2D eigenvalue weighted by Gasteiger charge is 2.19. The number of piperidine rings is 1. The first-order valence-corrected chi connectivity index (χ1v) is 7.55. The lowest BCUT2D eigenvalue weighted by Crippen LogP contribution is -2.28. The molecule has 0 radical (unpaired) electrons. The number of hydrogen-bond donors (Lipinski definition) is 2. The van der Waals surface area contributed by atoms with Gasteiger partial charge < -0.3 is 5.32 Å². The van der Waals surface area contributed by atoms with Gasteiger partial charge in [-0.1, -0.05) is 23.7 Å². The zero-order chi connectivity index (χ0) is 13.8. The van der Waals surface area contributed by atoms with E-state index in [9.17, 15) is 0 Å². The van der Waals surface area contributed by atoms with Crippen LogP contribution in [0.2, 0.25) is 5.02 Å². The molecule has 0 saturated carbocycles. The van der Waals surface area contributed by atoms with E-state index in [2.05, 4.69) is 32.6 Å². The molecule has 1 aromatic carbocycles. The predicted molar refractivity (Wildman–Crippen MR) is 80.1 cm³/mol. The molecule has 1 atom stereocenters. The van der Waals surface area contributed by atoms with Crippen LogP contribution in [0.25, 0.3) is 0 Å². The van der Waals surface area contributed by atoms with Crippen molar-refractivity contribution < 1.29 is 0 Å². The summed E-state index contributed by atoms with van der Waals surface area (Å²) in [7, 11) is 0. The number of aromatic nitrogens is 3. The fraction of sp³-hybridized carbons (Fsp3) is 0.467. The number of nitrogens with zero attached hydrogens (tertiary/aromatic N) is 2. The Morgan fingerprint density at radius 1 is 1.20 bits per heavy atom. The fourth-order valence-electron chi connectivity index (χ4n) is 2.59. The van der Waals surface area contributed by atoms with E-state index in [4.69, 9.17) is 11.6 Å². The van der Waals surface area contributed by atoms with Crippen molar-refractivity contribution >= 4 is 11.6 Å². The summed E-state index contributed by atoms with van der Waals surface area (Å²) in [5.74, 6) is 2.40. The highest BCUT2D eigenvalue weighted by atomic mass is 35.5. The Morgan fingerprint density at radius 2 is 2.05 bits per heavy atom. The van der Waals surface area contributed by atoms with Crippen molar-refractivity contribution in [1.82, 2.24) is 20.5 Å². The van der Waals surface area contributed by atoms with Gasteiger partial charge >= 0.3 is 0 Å². The smallest absolute Gasteiger partial charge is 0.155 e. The van der Waals surface area contributed by atoms with Crippen LogP contribution in [-0.4, -0.2) is 28.3 Å². The Kier molecular flexibility index (Phi) is 4.33. The molecule has 1 unspecified atom stereocenters. The average Bonchev–Trinajstić information content (AvgIpc) is 2.97. The van der Waals surface area contributed by atoms with E-state index in [0.717, 1.165) is 42.6 Å². The molecule has 1 saturated heterocycles. The lowest BCUT2D eigenvalue weighted by atomic mass is 9.99. The van der Waals surface area contributed by atoms with Crippen LogP contribution in [0.1, 0.15) is 36.0 Å². The van der Waals surface area contributed by atoms with Crippen LogP contribution < -0.4 is 5.32 Å². The van der Waals surface area contributed by atoms with Gasteiger partial charge in [0.05, 0.1) is 0 Å². The summed E-state index contributed by atoms with van der Waals surface area (Å²) in [5.41, 5.74) is 1.27. The summed E-state index contributed by atoms with van der Waals surface area (Å²) >= 11 is 5.88. The van der Waals surface area contributed by atoms with Gasteiger partial charge in [0, 0.05) is 23.9 Å². The first-order chi connectivity index (χ1) is 9.81. The van der Waals surface area contributed by atoms with Crippen LogP contribution in [-0.2, 0) is 12.8 Å². The van der Waals surface area contributed by atoms with Gasteiger partial charge in [0.2, 0.25) is 0 Å². The first kappa shape index (κ1) is 13.6. The Bertz CT molecular complexity index is 543. The molecule has 20 heavy (non-hydrogen) atoms. The molecule has 3 rings (SSSR count). The monoisotopic (exact) mass is 290 g/mol. The van der Waals surface area contributed by atoms with Crippen LogP contribution in [0.15, 0.2) is 24.3 Å². The van der Waals surface area contributed by atoms with Gasteiger partial charge in [0.1, 0.15) is 5.82 Å². The van der Waals surface area contributed by atoms with E-state index in [-0.39, 0.29) is 0 Å². The number of rotatable bonds is 4. The zero-order valence-corrected chi connectivity index (χ0v) is 12.2. The normalized spacial score (nSPS) is 19.1. The van der Waals surface area contributed by atoms with Gasteiger partial charge in [-0.15, -0.1) is 0 Å². The molecular formula is C15H19ClN4. The second kappa shape index (κ2) is 6.37. The third-order valence-electron chi connectivity index (χ3n) is 3.77. The Hall–Kier alpha value is -1.39. The molecule has 106 valence electrons. The molecule has 2 N–H and O–H groups in total. The maximum atomic E-state index is 5.88. The van der Waals surface area contributed by atoms with Crippen molar-refractivity contribution in [2.45, 2.75) is 31.6 Å². The minimum Gasteiger partial charge on any atom is -0.316 e. The molecule has 2 aromatic rings. The maximum absolute atomic E-state index is 5.88. The predicted octanol–water partition coefficient (Wildman–Crippen LogP) is 2.71. The average molecular weight is 291 g/mol. The number of halogens is 1. The molecule has 1 aliphatic rings. The SMILES string of the molecule is Clc1ccc(CCc2nc(C3CCCNC3)n[nH]2)cc1. The summed E-state index contributed by atoms with van der Waals surface area (Å²) in [5, 5.41) is 11.6. The van der Waals surface area contributed by atoms with Gasteiger partial charge in [-0.25, -0.2) is 4.98 Å². The molecule has 1 fully saturated rings. The molecule has 0 amide bonds. The van der Waals surface area contributed by atoms with E-state index in [0.29, 0.717) is 5.92 Å². The van der Waals surface area contributed by atoms with Crippen molar-refractivity contribution in [2.75, 3.05) is 13.1 Å². The lowest BCUT2D eigenvalue weighted by Gasteiger charge is -2.19. The van der Waals surface area contributed by atoms with Gasteiger partial charge in [-0.2, -0.15) is 5.10 Å². The molecule has 1 aliphatic heterocycles. The van der Waals surface area contributed by atoms with Gasteiger partial charge in [0.25, 0.3) is 0 Å². The van der Waals surface area contributed by atoms with Crippen molar-refractivity contribution in [3.8, 4) is 0 Å². The van der Waals surface area contributed by atoms with E-state index in [1.165, 1.54) is 18.4 Å². The zero-order valence-electron chi connectivity index (χ0n) is 11.4. The summed E-state index contributed by atoms with van der Waals surface area (Å²) in [6.45, 7) is 2.11.